The third-order valence-corrected chi connectivity index (χ3v) is 7.44. The number of aromatic nitrogens is 4. The van der Waals surface area contributed by atoms with Crippen molar-refractivity contribution in [1.82, 2.24) is 24.8 Å². The normalized spacial score (nSPS) is 15.0. The highest BCUT2D eigenvalue weighted by Crippen LogP contribution is 2.39. The zero-order valence-corrected chi connectivity index (χ0v) is 25.9. The van der Waals surface area contributed by atoms with Crippen molar-refractivity contribution in [3.05, 3.63) is 90.9 Å². The van der Waals surface area contributed by atoms with Gasteiger partial charge in [0, 0.05) is 54.2 Å². The number of likely N-dealkylation sites (tertiary alicyclic amines) is 1. The number of carbonyl (C=O) groups excluding carboxylic acids is 1. The van der Waals surface area contributed by atoms with Gasteiger partial charge in [-0.15, -0.1) is 0 Å². The van der Waals surface area contributed by atoms with Gasteiger partial charge in [0.25, 0.3) is 0 Å². The van der Waals surface area contributed by atoms with Gasteiger partial charge < -0.3 is 25.0 Å². The summed E-state index contributed by atoms with van der Waals surface area (Å²) in [6.07, 6.45) is 6.64. The van der Waals surface area contributed by atoms with E-state index in [1.54, 1.807) is 23.5 Å². The zero-order valence-electron chi connectivity index (χ0n) is 25.9. The molecule has 0 radical (unpaired) electrons. The van der Waals surface area contributed by atoms with Gasteiger partial charge in [-0.2, -0.15) is 0 Å². The summed E-state index contributed by atoms with van der Waals surface area (Å²) in [6.45, 7) is 8.83. The van der Waals surface area contributed by atoms with Gasteiger partial charge in [0.05, 0.1) is 11.3 Å². The molecular formula is C35H37N7O3. The molecule has 230 valence electrons. The number of nitrogens with one attached hydrogen (secondary N) is 2. The number of amides is 1. The first-order valence-electron chi connectivity index (χ1n) is 15.1. The van der Waals surface area contributed by atoms with Crippen molar-refractivity contribution in [2.75, 3.05) is 23.7 Å². The fraction of sp³-hybridized carbons (Fsp3) is 0.286. The third-order valence-electron chi connectivity index (χ3n) is 7.44. The lowest BCUT2D eigenvalue weighted by Crippen LogP contribution is -2.47. The van der Waals surface area contributed by atoms with Crippen LogP contribution in [0.4, 0.5) is 22.2 Å². The van der Waals surface area contributed by atoms with E-state index in [2.05, 4.69) is 31.7 Å². The molecule has 4 heterocycles. The number of hydrogen-bond acceptors (Lipinski definition) is 9. The summed E-state index contributed by atoms with van der Waals surface area (Å²) < 4.78 is 12.2. The molecule has 10 nitrogen and oxygen atoms in total. The van der Waals surface area contributed by atoms with Crippen LogP contribution in [0.2, 0.25) is 0 Å². The van der Waals surface area contributed by atoms with E-state index in [1.807, 2.05) is 88.4 Å². The summed E-state index contributed by atoms with van der Waals surface area (Å²) >= 11 is 0. The minimum Gasteiger partial charge on any atom is -0.444 e. The molecule has 0 spiro atoms. The molecule has 5 aromatic rings. The predicted octanol–water partition coefficient (Wildman–Crippen LogP) is 7.74. The number of carbonyl (C=O) groups is 1. The summed E-state index contributed by atoms with van der Waals surface area (Å²) in [6, 6.07) is 21.6. The number of benzene rings is 2. The van der Waals surface area contributed by atoms with Crippen LogP contribution in [0, 0.1) is 6.92 Å². The van der Waals surface area contributed by atoms with Crippen LogP contribution in [-0.2, 0) is 4.74 Å². The lowest BCUT2D eigenvalue weighted by atomic mass is 10.0. The van der Waals surface area contributed by atoms with Crippen molar-refractivity contribution < 1.29 is 14.3 Å². The molecule has 3 aromatic heterocycles. The number of rotatable bonds is 7. The van der Waals surface area contributed by atoms with Gasteiger partial charge >= 0.3 is 6.09 Å². The number of piperidine rings is 1. The maximum absolute atomic E-state index is 12.7. The fourth-order valence-corrected chi connectivity index (χ4v) is 5.37. The Kier molecular flexibility index (Phi) is 8.46. The van der Waals surface area contributed by atoms with Crippen LogP contribution in [0.5, 0.6) is 11.6 Å². The summed E-state index contributed by atoms with van der Waals surface area (Å²) in [7, 11) is 0. The number of pyridine rings is 2. The van der Waals surface area contributed by atoms with Crippen LogP contribution in [0.25, 0.3) is 22.0 Å². The van der Waals surface area contributed by atoms with Gasteiger partial charge in [-0.25, -0.2) is 24.7 Å². The van der Waals surface area contributed by atoms with E-state index in [1.165, 1.54) is 0 Å². The second kappa shape index (κ2) is 12.8. The summed E-state index contributed by atoms with van der Waals surface area (Å²) in [5.41, 5.74) is 2.77. The minimum absolute atomic E-state index is 0.00152. The van der Waals surface area contributed by atoms with Crippen LogP contribution in [-0.4, -0.2) is 55.7 Å². The highest BCUT2D eigenvalue weighted by molar-refractivity contribution is 5.99. The van der Waals surface area contributed by atoms with Crippen molar-refractivity contribution in [1.29, 1.82) is 0 Å². The molecule has 1 unspecified atom stereocenters. The van der Waals surface area contributed by atoms with Crippen LogP contribution in [0.1, 0.15) is 39.2 Å². The molecule has 1 saturated heterocycles. The van der Waals surface area contributed by atoms with E-state index in [-0.39, 0.29) is 12.1 Å². The molecule has 2 aromatic carbocycles. The van der Waals surface area contributed by atoms with Gasteiger partial charge in [-0.05, 0) is 82.5 Å². The first-order valence-corrected chi connectivity index (χ1v) is 15.1. The molecule has 10 heteroatoms. The summed E-state index contributed by atoms with van der Waals surface area (Å²) in [5, 5.41) is 8.79. The van der Waals surface area contributed by atoms with E-state index in [9.17, 15) is 4.79 Å². The molecule has 2 N–H and O–H groups in total. The van der Waals surface area contributed by atoms with Gasteiger partial charge in [0.1, 0.15) is 17.2 Å². The smallest absolute Gasteiger partial charge is 0.410 e. The van der Waals surface area contributed by atoms with Crippen LogP contribution < -0.4 is 15.4 Å². The molecule has 1 fully saturated rings. The van der Waals surface area contributed by atoms with Crippen molar-refractivity contribution in [3.63, 3.8) is 0 Å². The number of ether oxygens (including phenoxy) is 2. The van der Waals surface area contributed by atoms with Gasteiger partial charge in [0.2, 0.25) is 11.8 Å². The van der Waals surface area contributed by atoms with E-state index in [0.717, 1.165) is 46.2 Å². The molecule has 0 bridgehead atoms. The number of hydrogen-bond donors (Lipinski definition) is 2. The monoisotopic (exact) mass is 603 g/mol. The largest absolute Gasteiger partial charge is 0.444 e. The summed E-state index contributed by atoms with van der Waals surface area (Å²) in [5.74, 6) is 2.40. The van der Waals surface area contributed by atoms with Crippen molar-refractivity contribution in [2.45, 2.75) is 52.2 Å². The van der Waals surface area contributed by atoms with Crippen LogP contribution in [0.3, 0.4) is 0 Å². The molecule has 45 heavy (non-hydrogen) atoms. The highest BCUT2D eigenvalue weighted by Gasteiger charge is 2.28. The highest BCUT2D eigenvalue weighted by atomic mass is 16.6. The fourth-order valence-electron chi connectivity index (χ4n) is 5.37. The molecule has 1 aliphatic heterocycles. The van der Waals surface area contributed by atoms with E-state index >= 15 is 0 Å². The average molecular weight is 604 g/mol. The van der Waals surface area contributed by atoms with E-state index in [4.69, 9.17) is 14.5 Å². The number of fused-ring (bicyclic) bond motifs is 1. The quantitative estimate of drug-likeness (QED) is 0.193. The number of aryl methyl sites for hydroxylation is 1. The Morgan fingerprint density at radius 1 is 0.911 bits per heavy atom. The van der Waals surface area contributed by atoms with E-state index in [0.29, 0.717) is 36.4 Å². The Bertz CT molecular complexity index is 1810. The predicted molar refractivity (Wildman–Crippen MR) is 176 cm³/mol. The standard InChI is InChI=1S/C35H37N7O3/c1-23-15-16-25-26(11-7-13-28(25)40-30-14-5-6-18-36-30)31(23)44-32-27(12-8-19-37-32)29-17-20-38-33(41-29)39-24-10-9-21-42(22-24)34(43)45-35(2,3)4/h5-8,11-20,24H,9-10,21-22H2,1-4H3,(H,36,40)(H,38,39,41). The second-order valence-corrected chi connectivity index (χ2v) is 12.1. The lowest BCUT2D eigenvalue weighted by molar-refractivity contribution is 0.0206. The number of nitrogens with zero attached hydrogens (tertiary/aromatic N) is 5. The lowest BCUT2D eigenvalue weighted by Gasteiger charge is -2.34. The van der Waals surface area contributed by atoms with Crippen molar-refractivity contribution in [3.8, 4) is 22.9 Å². The molecule has 1 aliphatic rings. The average Bonchev–Trinajstić information content (AvgIpc) is 3.03. The number of anilines is 3. The third kappa shape index (κ3) is 7.12. The van der Waals surface area contributed by atoms with Gasteiger partial charge in [0.15, 0.2) is 0 Å². The Labute approximate surface area is 262 Å². The molecule has 0 saturated carbocycles. The maximum atomic E-state index is 12.7. The van der Waals surface area contributed by atoms with Crippen molar-refractivity contribution >= 4 is 34.3 Å². The topological polar surface area (TPSA) is 114 Å². The molecular weight excluding hydrogens is 566 g/mol. The van der Waals surface area contributed by atoms with Gasteiger partial charge in [-0.3, -0.25) is 0 Å². The van der Waals surface area contributed by atoms with E-state index < -0.39 is 5.60 Å². The summed E-state index contributed by atoms with van der Waals surface area (Å²) in [4.78, 5) is 32.7. The Morgan fingerprint density at radius 3 is 2.60 bits per heavy atom. The SMILES string of the molecule is Cc1ccc2c(Nc3ccccn3)cccc2c1Oc1ncccc1-c1ccnc(NC2CCCN(C(=O)OC(C)(C)C)C2)n1. The minimum atomic E-state index is -0.540. The van der Waals surface area contributed by atoms with Crippen LogP contribution in [0.15, 0.2) is 85.3 Å². The Morgan fingerprint density at radius 2 is 1.78 bits per heavy atom. The first kappa shape index (κ1) is 29.8. The zero-order chi connectivity index (χ0) is 31.4. The second-order valence-electron chi connectivity index (χ2n) is 12.1. The van der Waals surface area contributed by atoms with Crippen molar-refractivity contribution in [2.24, 2.45) is 0 Å². The first-order chi connectivity index (χ1) is 21.7. The Balaban J connectivity index is 1.24. The molecule has 0 aliphatic carbocycles. The molecule has 1 amide bonds. The van der Waals surface area contributed by atoms with Gasteiger partial charge in [-0.1, -0.05) is 30.3 Å². The molecule has 6 rings (SSSR count). The maximum Gasteiger partial charge on any atom is 0.410 e. The molecule has 1 atom stereocenters. The van der Waals surface area contributed by atoms with Crippen LogP contribution >= 0.6 is 0 Å². The Hall–Kier alpha value is -5.25.